The summed E-state index contributed by atoms with van der Waals surface area (Å²) in [5, 5.41) is 9.10. The maximum Gasteiger partial charge on any atom is 0.417 e. The van der Waals surface area contributed by atoms with Crippen molar-refractivity contribution in [3.8, 4) is 6.07 Å². The molecule has 1 amide bonds. The smallest absolute Gasteiger partial charge is 0.381 e. The highest BCUT2D eigenvalue weighted by Crippen LogP contribution is 2.45. The zero-order valence-corrected chi connectivity index (χ0v) is 19.2. The van der Waals surface area contributed by atoms with Crippen molar-refractivity contribution in [2.75, 3.05) is 44.3 Å². The Bertz CT molecular complexity index is 1110. The van der Waals surface area contributed by atoms with Crippen LogP contribution < -0.4 is 4.90 Å². The molecule has 0 saturated carbocycles. The maximum absolute atomic E-state index is 13.5. The van der Waals surface area contributed by atoms with Gasteiger partial charge in [0.2, 0.25) is 0 Å². The number of halogens is 3. The zero-order chi connectivity index (χ0) is 24.5. The lowest BCUT2D eigenvalue weighted by atomic mass is 9.73. The number of fused-ring (bicyclic) bond motifs is 1. The number of aromatic nitrogens is 1. The van der Waals surface area contributed by atoms with Crippen molar-refractivity contribution in [1.82, 2.24) is 9.88 Å². The number of hydrogen-bond donors (Lipinski definition) is 0. The van der Waals surface area contributed by atoms with Crippen molar-refractivity contribution in [2.24, 2.45) is 11.3 Å². The predicted molar refractivity (Wildman–Crippen MR) is 120 cm³/mol. The fourth-order valence-corrected chi connectivity index (χ4v) is 5.13. The number of anilines is 1. The van der Waals surface area contributed by atoms with E-state index in [2.05, 4.69) is 4.98 Å². The minimum Gasteiger partial charge on any atom is -0.381 e. The van der Waals surface area contributed by atoms with Gasteiger partial charge in [-0.15, -0.1) is 0 Å². The molecule has 180 valence electrons. The lowest BCUT2D eigenvalue weighted by Gasteiger charge is -2.44. The van der Waals surface area contributed by atoms with E-state index < -0.39 is 11.7 Å². The Labute approximate surface area is 196 Å². The van der Waals surface area contributed by atoms with Gasteiger partial charge in [-0.3, -0.25) is 9.78 Å². The van der Waals surface area contributed by atoms with E-state index >= 15 is 0 Å². The normalized spacial score (nSPS) is 22.4. The first-order valence-corrected chi connectivity index (χ1v) is 11.3. The van der Waals surface area contributed by atoms with Crippen molar-refractivity contribution >= 4 is 11.6 Å². The third-order valence-electron chi connectivity index (χ3n) is 6.93. The summed E-state index contributed by atoms with van der Waals surface area (Å²) in [4.78, 5) is 21.1. The van der Waals surface area contributed by atoms with Gasteiger partial charge in [0, 0.05) is 62.2 Å². The number of piperidine rings is 1. The van der Waals surface area contributed by atoms with Crippen LogP contribution in [0.25, 0.3) is 0 Å². The van der Waals surface area contributed by atoms with E-state index in [1.54, 1.807) is 24.5 Å². The van der Waals surface area contributed by atoms with E-state index in [1.807, 2.05) is 29.7 Å². The van der Waals surface area contributed by atoms with Crippen LogP contribution in [0, 0.1) is 29.6 Å². The summed E-state index contributed by atoms with van der Waals surface area (Å²) >= 11 is 0. The molecular weight excluding hydrogens is 445 g/mol. The van der Waals surface area contributed by atoms with E-state index in [9.17, 15) is 18.0 Å². The summed E-state index contributed by atoms with van der Waals surface area (Å²) in [5.74, 6) is -0.0507. The molecular formula is C25H27F3N4O2. The number of hydrogen-bond acceptors (Lipinski definition) is 5. The summed E-state index contributed by atoms with van der Waals surface area (Å²) in [5.41, 5.74) is 0.308. The fraction of sp³-hybridized carbons (Fsp3) is 0.480. The molecule has 3 heterocycles. The molecule has 0 bridgehead atoms. The minimum absolute atomic E-state index is 0.0412. The quantitative estimate of drug-likeness (QED) is 0.650. The molecule has 2 aromatic rings. The molecule has 1 aromatic heterocycles. The predicted octanol–water partition coefficient (Wildman–Crippen LogP) is 4.29. The molecule has 4 rings (SSSR count). The Kier molecular flexibility index (Phi) is 6.54. The summed E-state index contributed by atoms with van der Waals surface area (Å²) in [6, 6.07) is 7.31. The summed E-state index contributed by atoms with van der Waals surface area (Å²) in [6.45, 7) is 6.95. The highest BCUT2D eigenvalue weighted by atomic mass is 19.4. The number of ether oxygens (including phenoxy) is 1. The van der Waals surface area contributed by atoms with Crippen molar-refractivity contribution in [3.05, 3.63) is 58.9 Å². The molecule has 1 aromatic carbocycles. The van der Waals surface area contributed by atoms with Crippen molar-refractivity contribution < 1.29 is 22.7 Å². The lowest BCUT2D eigenvalue weighted by Crippen LogP contribution is -2.49. The van der Waals surface area contributed by atoms with Crippen LogP contribution in [-0.2, 0) is 10.9 Å². The zero-order valence-electron chi connectivity index (χ0n) is 19.2. The number of rotatable bonds is 5. The van der Waals surface area contributed by atoms with Crippen LogP contribution in [0.4, 0.5) is 18.9 Å². The monoisotopic (exact) mass is 472 g/mol. The number of pyridine rings is 1. The van der Waals surface area contributed by atoms with Crippen molar-refractivity contribution in [2.45, 2.75) is 26.4 Å². The number of benzene rings is 1. The molecule has 2 saturated heterocycles. The van der Waals surface area contributed by atoms with Crippen LogP contribution in [-0.4, -0.2) is 55.2 Å². The van der Waals surface area contributed by atoms with E-state index in [1.165, 1.54) is 6.07 Å². The molecule has 2 fully saturated rings. The molecule has 6 nitrogen and oxygen atoms in total. The van der Waals surface area contributed by atoms with Crippen LogP contribution in [0.1, 0.15) is 40.4 Å². The molecule has 0 spiro atoms. The molecule has 2 aliphatic rings. The van der Waals surface area contributed by atoms with Crippen LogP contribution in [0.3, 0.4) is 0 Å². The molecule has 9 heteroatoms. The third-order valence-corrected chi connectivity index (χ3v) is 6.93. The van der Waals surface area contributed by atoms with E-state index in [0.717, 1.165) is 11.6 Å². The highest BCUT2D eigenvalue weighted by molar-refractivity contribution is 5.94. The van der Waals surface area contributed by atoms with Gasteiger partial charge >= 0.3 is 6.18 Å². The van der Waals surface area contributed by atoms with Crippen LogP contribution in [0.2, 0.25) is 0 Å². The third kappa shape index (κ3) is 4.60. The molecule has 0 aliphatic carbocycles. The number of alkyl halides is 3. The van der Waals surface area contributed by atoms with Gasteiger partial charge in [0.25, 0.3) is 5.91 Å². The number of nitriles is 1. The molecule has 2 aliphatic heterocycles. The second-order valence-corrected chi connectivity index (χ2v) is 9.17. The van der Waals surface area contributed by atoms with Gasteiger partial charge in [-0.1, -0.05) is 0 Å². The number of likely N-dealkylation sites (tertiary alicyclic amines) is 1. The van der Waals surface area contributed by atoms with Gasteiger partial charge in [-0.25, -0.2) is 0 Å². The SMILES string of the molecule is CCOC[C@@]12CCN(c3ccc(C#N)c(C(F)(F)F)c3)C[C@@H]1CN(C(=O)c1cncc(C)c1)C2. The molecule has 2 atom stereocenters. The lowest BCUT2D eigenvalue weighted by molar-refractivity contribution is -0.137. The van der Waals surface area contributed by atoms with E-state index in [-0.39, 0.29) is 22.8 Å². The molecule has 0 radical (unpaired) electrons. The van der Waals surface area contributed by atoms with E-state index in [4.69, 9.17) is 10.00 Å². The summed E-state index contributed by atoms with van der Waals surface area (Å²) in [6.07, 6.45) is -0.654. The molecule has 0 unspecified atom stereocenters. The van der Waals surface area contributed by atoms with Gasteiger partial charge in [-0.2, -0.15) is 18.4 Å². The summed E-state index contributed by atoms with van der Waals surface area (Å²) in [7, 11) is 0. The first-order valence-electron chi connectivity index (χ1n) is 11.3. The van der Waals surface area contributed by atoms with Crippen LogP contribution in [0.5, 0.6) is 0 Å². The first kappa shape index (κ1) is 24.0. The van der Waals surface area contributed by atoms with Gasteiger partial charge in [0.05, 0.1) is 29.4 Å². The fourth-order valence-electron chi connectivity index (χ4n) is 5.13. The second-order valence-electron chi connectivity index (χ2n) is 9.17. The Morgan fingerprint density at radius 2 is 2.09 bits per heavy atom. The van der Waals surface area contributed by atoms with Crippen molar-refractivity contribution in [1.29, 1.82) is 5.26 Å². The van der Waals surface area contributed by atoms with Gasteiger partial charge in [-0.05, 0) is 50.1 Å². The number of aryl methyl sites for hydroxylation is 1. The average Bonchev–Trinajstić information content (AvgIpc) is 3.20. The summed E-state index contributed by atoms with van der Waals surface area (Å²) < 4.78 is 46.3. The molecule has 34 heavy (non-hydrogen) atoms. The number of nitrogens with zero attached hydrogens (tertiary/aromatic N) is 4. The van der Waals surface area contributed by atoms with E-state index in [0.29, 0.717) is 57.1 Å². The van der Waals surface area contributed by atoms with Crippen molar-refractivity contribution in [3.63, 3.8) is 0 Å². The van der Waals surface area contributed by atoms with Gasteiger partial charge in [0.1, 0.15) is 0 Å². The van der Waals surface area contributed by atoms with Crippen LogP contribution >= 0.6 is 0 Å². The average molecular weight is 473 g/mol. The maximum atomic E-state index is 13.5. The Morgan fingerprint density at radius 3 is 2.76 bits per heavy atom. The van der Waals surface area contributed by atoms with Gasteiger partial charge in [0.15, 0.2) is 0 Å². The largest absolute Gasteiger partial charge is 0.417 e. The number of carbonyl (C=O) groups excluding carboxylic acids is 1. The van der Waals surface area contributed by atoms with Gasteiger partial charge < -0.3 is 14.5 Å². The first-order chi connectivity index (χ1) is 16.2. The highest BCUT2D eigenvalue weighted by Gasteiger charge is 2.51. The Hall–Kier alpha value is -3.12. The Balaban J connectivity index is 1.59. The second kappa shape index (κ2) is 9.26. The number of amides is 1. The number of carbonyl (C=O) groups is 1. The topological polar surface area (TPSA) is 69.5 Å². The minimum atomic E-state index is -4.60. The Morgan fingerprint density at radius 1 is 1.29 bits per heavy atom. The molecule has 0 N–H and O–H groups in total. The standard InChI is InChI=1S/C25H27F3N4O2/c1-3-34-16-24-6-7-31(21-5-4-18(10-29)22(9-21)25(26,27)28)13-20(24)14-32(15-24)23(33)19-8-17(2)11-30-12-19/h4-5,8-9,11-12,20H,3,6-7,13-16H2,1-2H3/t20-,24+/m1/s1. The van der Waals surface area contributed by atoms with Crippen LogP contribution in [0.15, 0.2) is 36.7 Å².